The molecule has 2 saturated heterocycles. The van der Waals surface area contributed by atoms with Crippen LogP contribution < -0.4 is 11.1 Å². The molecule has 0 saturated carbocycles. The number of nitrogens with two attached hydrogens (primary N) is 1. The van der Waals surface area contributed by atoms with Gasteiger partial charge in [0.1, 0.15) is 11.1 Å². The first-order chi connectivity index (χ1) is 10.2. The third-order valence-electron chi connectivity index (χ3n) is 4.56. The first-order valence-corrected chi connectivity index (χ1v) is 8.34. The molecule has 2 fully saturated rings. The topological polar surface area (TPSA) is 82.2 Å². The smallest absolute Gasteiger partial charge is 0.226 e. The molecular weight excluding hydrogens is 284 g/mol. The van der Waals surface area contributed by atoms with Crippen molar-refractivity contribution in [3.05, 3.63) is 17.0 Å². The minimum atomic E-state index is -0.0109. The van der Waals surface area contributed by atoms with E-state index in [-0.39, 0.29) is 5.91 Å². The maximum absolute atomic E-state index is 12.1. The van der Waals surface area contributed by atoms with E-state index in [0.29, 0.717) is 35.1 Å². The standard InChI is InChI=1S/C15H20N4OS/c16-9-10-4-6-21-15(10)18-14(20)3-5-19-12-1-2-13(19)8-11(17)7-12/h4,6,11-13H,1-3,5,7-8,17H2,(H,18,20). The highest BCUT2D eigenvalue weighted by atomic mass is 32.1. The summed E-state index contributed by atoms with van der Waals surface area (Å²) in [6.45, 7) is 0.793. The van der Waals surface area contributed by atoms with Crippen molar-refractivity contribution in [1.29, 1.82) is 5.26 Å². The van der Waals surface area contributed by atoms with Crippen molar-refractivity contribution in [1.82, 2.24) is 4.90 Å². The Balaban J connectivity index is 1.52. The van der Waals surface area contributed by atoms with Crippen LogP contribution in [0.25, 0.3) is 0 Å². The number of nitriles is 1. The van der Waals surface area contributed by atoms with Crippen LogP contribution in [0.5, 0.6) is 0 Å². The van der Waals surface area contributed by atoms with Gasteiger partial charge in [0, 0.05) is 31.1 Å². The molecule has 6 heteroatoms. The molecular formula is C15H20N4OS. The molecule has 112 valence electrons. The van der Waals surface area contributed by atoms with E-state index in [4.69, 9.17) is 11.0 Å². The summed E-state index contributed by atoms with van der Waals surface area (Å²) in [4.78, 5) is 14.5. The molecule has 3 heterocycles. The highest BCUT2D eigenvalue weighted by molar-refractivity contribution is 7.14. The van der Waals surface area contributed by atoms with Crippen LogP contribution in [0.1, 0.15) is 37.7 Å². The van der Waals surface area contributed by atoms with E-state index >= 15 is 0 Å². The van der Waals surface area contributed by atoms with Gasteiger partial charge in [0.25, 0.3) is 0 Å². The third-order valence-corrected chi connectivity index (χ3v) is 5.39. The zero-order valence-electron chi connectivity index (χ0n) is 11.9. The van der Waals surface area contributed by atoms with Gasteiger partial charge in [0.15, 0.2) is 0 Å². The first-order valence-electron chi connectivity index (χ1n) is 7.46. The number of carbonyl (C=O) groups excluding carboxylic acids is 1. The lowest BCUT2D eigenvalue weighted by Crippen LogP contribution is -2.48. The fourth-order valence-electron chi connectivity index (χ4n) is 3.60. The van der Waals surface area contributed by atoms with E-state index in [1.54, 1.807) is 6.07 Å². The molecule has 0 spiro atoms. The van der Waals surface area contributed by atoms with Crippen molar-refractivity contribution < 1.29 is 4.79 Å². The minimum Gasteiger partial charge on any atom is -0.328 e. The summed E-state index contributed by atoms with van der Waals surface area (Å²) >= 11 is 1.39. The number of rotatable bonds is 4. The molecule has 0 aromatic carbocycles. The average molecular weight is 304 g/mol. The Kier molecular flexibility index (Phi) is 4.24. The fourth-order valence-corrected chi connectivity index (χ4v) is 4.35. The van der Waals surface area contributed by atoms with Gasteiger partial charge in [0.2, 0.25) is 5.91 Å². The van der Waals surface area contributed by atoms with Gasteiger partial charge in [-0.05, 0) is 37.1 Å². The fraction of sp³-hybridized carbons (Fsp3) is 0.600. The van der Waals surface area contributed by atoms with Crippen molar-refractivity contribution in [3.8, 4) is 6.07 Å². The quantitative estimate of drug-likeness (QED) is 0.890. The number of amides is 1. The van der Waals surface area contributed by atoms with Gasteiger partial charge in [-0.15, -0.1) is 11.3 Å². The lowest BCUT2D eigenvalue weighted by atomic mass is 9.98. The highest BCUT2D eigenvalue weighted by Gasteiger charge is 2.39. The van der Waals surface area contributed by atoms with Gasteiger partial charge >= 0.3 is 0 Å². The molecule has 2 aliphatic heterocycles. The minimum absolute atomic E-state index is 0.0109. The number of fused-ring (bicyclic) bond motifs is 2. The van der Waals surface area contributed by atoms with Gasteiger partial charge in [-0.25, -0.2) is 0 Å². The Hall–Kier alpha value is -1.42. The molecule has 2 unspecified atom stereocenters. The molecule has 3 N–H and O–H groups in total. The van der Waals surface area contributed by atoms with Gasteiger partial charge in [-0.1, -0.05) is 0 Å². The van der Waals surface area contributed by atoms with Crippen LogP contribution in [0, 0.1) is 11.3 Å². The SMILES string of the molecule is N#Cc1ccsc1NC(=O)CCN1C2CCC1CC(N)C2. The summed E-state index contributed by atoms with van der Waals surface area (Å²) in [6, 6.07) is 5.26. The second-order valence-corrected chi connectivity index (χ2v) is 6.84. The first kappa shape index (κ1) is 14.5. The normalized spacial score (nSPS) is 28.3. The van der Waals surface area contributed by atoms with Crippen LogP contribution in [-0.4, -0.2) is 35.5 Å². The van der Waals surface area contributed by atoms with Crippen LogP contribution in [-0.2, 0) is 4.79 Å². The van der Waals surface area contributed by atoms with Crippen LogP contribution in [0.3, 0.4) is 0 Å². The van der Waals surface area contributed by atoms with Crippen LogP contribution in [0.4, 0.5) is 5.00 Å². The molecule has 2 aliphatic rings. The number of piperidine rings is 1. The number of nitrogens with one attached hydrogen (secondary N) is 1. The summed E-state index contributed by atoms with van der Waals surface area (Å²) in [7, 11) is 0. The monoisotopic (exact) mass is 304 g/mol. The maximum Gasteiger partial charge on any atom is 0.226 e. The third kappa shape index (κ3) is 3.10. The average Bonchev–Trinajstić information content (AvgIpc) is 2.99. The summed E-state index contributed by atoms with van der Waals surface area (Å²) in [5, 5.41) is 14.3. The van der Waals surface area contributed by atoms with Crippen LogP contribution >= 0.6 is 11.3 Å². The van der Waals surface area contributed by atoms with Crippen molar-refractivity contribution >= 4 is 22.2 Å². The zero-order chi connectivity index (χ0) is 14.8. The van der Waals surface area contributed by atoms with Crippen molar-refractivity contribution in [2.75, 3.05) is 11.9 Å². The van der Waals surface area contributed by atoms with Crippen LogP contribution in [0.2, 0.25) is 0 Å². The lowest BCUT2D eigenvalue weighted by Gasteiger charge is -2.37. The summed E-state index contributed by atoms with van der Waals surface area (Å²) < 4.78 is 0. The Morgan fingerprint density at radius 2 is 2.19 bits per heavy atom. The Morgan fingerprint density at radius 1 is 1.48 bits per heavy atom. The maximum atomic E-state index is 12.1. The van der Waals surface area contributed by atoms with E-state index in [9.17, 15) is 4.79 Å². The summed E-state index contributed by atoms with van der Waals surface area (Å²) in [5.74, 6) is -0.0109. The van der Waals surface area contributed by atoms with E-state index in [2.05, 4.69) is 16.3 Å². The summed E-state index contributed by atoms with van der Waals surface area (Å²) in [6.07, 6.45) is 5.02. The number of thiophene rings is 1. The summed E-state index contributed by atoms with van der Waals surface area (Å²) in [5.41, 5.74) is 6.60. The molecule has 0 radical (unpaired) electrons. The molecule has 3 rings (SSSR count). The Morgan fingerprint density at radius 3 is 2.86 bits per heavy atom. The largest absolute Gasteiger partial charge is 0.328 e. The molecule has 5 nitrogen and oxygen atoms in total. The van der Waals surface area contributed by atoms with E-state index in [1.807, 2.05) is 5.38 Å². The molecule has 1 aromatic rings. The van der Waals surface area contributed by atoms with Gasteiger partial charge in [-0.2, -0.15) is 5.26 Å². The van der Waals surface area contributed by atoms with Crippen LogP contribution in [0.15, 0.2) is 11.4 Å². The number of carbonyl (C=O) groups is 1. The predicted octanol–water partition coefficient (Wildman–Crippen LogP) is 1.90. The molecule has 2 atom stereocenters. The highest BCUT2D eigenvalue weighted by Crippen LogP contribution is 2.35. The van der Waals surface area contributed by atoms with Gasteiger partial charge in [0.05, 0.1) is 5.56 Å². The van der Waals surface area contributed by atoms with Crippen molar-refractivity contribution in [3.63, 3.8) is 0 Å². The number of nitrogens with zero attached hydrogens (tertiary/aromatic N) is 2. The Labute approximate surface area is 128 Å². The van der Waals surface area contributed by atoms with E-state index in [1.165, 1.54) is 24.2 Å². The van der Waals surface area contributed by atoms with Gasteiger partial charge < -0.3 is 11.1 Å². The lowest BCUT2D eigenvalue weighted by molar-refractivity contribution is -0.116. The predicted molar refractivity (Wildman–Crippen MR) is 83.0 cm³/mol. The molecule has 0 aliphatic carbocycles. The Bertz CT molecular complexity index is 550. The number of anilines is 1. The molecule has 2 bridgehead atoms. The van der Waals surface area contributed by atoms with Crippen molar-refractivity contribution in [2.45, 2.75) is 50.2 Å². The zero-order valence-corrected chi connectivity index (χ0v) is 12.7. The van der Waals surface area contributed by atoms with Gasteiger partial charge in [-0.3, -0.25) is 9.69 Å². The number of hydrogen-bond acceptors (Lipinski definition) is 5. The van der Waals surface area contributed by atoms with E-state index < -0.39 is 0 Å². The van der Waals surface area contributed by atoms with E-state index in [0.717, 1.165) is 19.4 Å². The molecule has 1 aromatic heterocycles. The molecule has 1 amide bonds. The number of hydrogen-bond donors (Lipinski definition) is 2. The van der Waals surface area contributed by atoms with Crippen molar-refractivity contribution in [2.24, 2.45) is 5.73 Å². The second kappa shape index (κ2) is 6.14. The molecule has 21 heavy (non-hydrogen) atoms. The second-order valence-electron chi connectivity index (χ2n) is 5.93.